The van der Waals surface area contributed by atoms with Gasteiger partial charge in [-0.05, 0) is 74.6 Å². The summed E-state index contributed by atoms with van der Waals surface area (Å²) in [6, 6.07) is 6.65. The summed E-state index contributed by atoms with van der Waals surface area (Å²) in [5, 5.41) is 0. The van der Waals surface area contributed by atoms with Crippen LogP contribution in [0.5, 0.6) is 0 Å². The number of aromatic nitrogens is 1. The van der Waals surface area contributed by atoms with Crippen molar-refractivity contribution < 1.29 is 0 Å². The lowest BCUT2D eigenvalue weighted by Crippen LogP contribution is -1.93. The Morgan fingerprint density at radius 2 is 1.24 bits per heavy atom. The molecule has 2 aromatic rings. The molecule has 0 radical (unpaired) electrons. The standard InChI is InChI=1S/C16H19N/c1-10-6-13(4)15(7-11(10)2)16-8-12(3)14(5)9-17-16/h6-9H,1-5H3. The van der Waals surface area contributed by atoms with E-state index >= 15 is 0 Å². The first-order valence-electron chi connectivity index (χ1n) is 6.00. The van der Waals surface area contributed by atoms with E-state index in [-0.39, 0.29) is 0 Å². The van der Waals surface area contributed by atoms with Gasteiger partial charge in [-0.25, -0.2) is 0 Å². The predicted octanol–water partition coefficient (Wildman–Crippen LogP) is 4.29. The second kappa shape index (κ2) is 4.33. The molecule has 0 aliphatic heterocycles. The summed E-state index contributed by atoms with van der Waals surface area (Å²) in [6.45, 7) is 10.7. The van der Waals surface area contributed by atoms with Crippen LogP contribution < -0.4 is 0 Å². The highest BCUT2D eigenvalue weighted by molar-refractivity contribution is 5.66. The first kappa shape index (κ1) is 11.8. The van der Waals surface area contributed by atoms with E-state index in [1.807, 2.05) is 6.20 Å². The molecule has 1 aromatic carbocycles. The molecule has 0 amide bonds. The Kier molecular flexibility index (Phi) is 3.01. The molecular formula is C16H19N. The molecule has 0 fully saturated rings. The van der Waals surface area contributed by atoms with Gasteiger partial charge in [0, 0.05) is 11.8 Å². The lowest BCUT2D eigenvalue weighted by molar-refractivity contribution is 1.20. The average molecular weight is 225 g/mol. The van der Waals surface area contributed by atoms with Crippen LogP contribution in [0.15, 0.2) is 24.4 Å². The van der Waals surface area contributed by atoms with Crippen molar-refractivity contribution in [3.8, 4) is 11.3 Å². The zero-order valence-electron chi connectivity index (χ0n) is 11.3. The Morgan fingerprint density at radius 1 is 0.647 bits per heavy atom. The van der Waals surface area contributed by atoms with E-state index in [4.69, 9.17) is 0 Å². The van der Waals surface area contributed by atoms with E-state index in [0.717, 1.165) is 5.69 Å². The second-order valence-electron chi connectivity index (χ2n) is 4.91. The van der Waals surface area contributed by atoms with E-state index in [9.17, 15) is 0 Å². The predicted molar refractivity (Wildman–Crippen MR) is 73.4 cm³/mol. The van der Waals surface area contributed by atoms with Crippen LogP contribution in [0.25, 0.3) is 11.3 Å². The number of benzene rings is 1. The molecule has 17 heavy (non-hydrogen) atoms. The Labute approximate surface area is 104 Å². The molecule has 88 valence electrons. The third kappa shape index (κ3) is 2.23. The van der Waals surface area contributed by atoms with Crippen LogP contribution in [0.1, 0.15) is 27.8 Å². The van der Waals surface area contributed by atoms with Crippen molar-refractivity contribution in [2.45, 2.75) is 34.6 Å². The molecule has 1 nitrogen and oxygen atoms in total. The fourth-order valence-electron chi connectivity index (χ4n) is 2.01. The number of pyridine rings is 1. The average Bonchev–Trinajstić information content (AvgIpc) is 2.27. The highest BCUT2D eigenvalue weighted by atomic mass is 14.7. The fourth-order valence-corrected chi connectivity index (χ4v) is 2.01. The molecule has 0 aliphatic rings. The van der Waals surface area contributed by atoms with E-state index in [1.165, 1.54) is 33.4 Å². The van der Waals surface area contributed by atoms with Crippen LogP contribution >= 0.6 is 0 Å². The van der Waals surface area contributed by atoms with Gasteiger partial charge < -0.3 is 0 Å². The summed E-state index contributed by atoms with van der Waals surface area (Å²) >= 11 is 0. The summed E-state index contributed by atoms with van der Waals surface area (Å²) in [7, 11) is 0. The van der Waals surface area contributed by atoms with E-state index in [2.05, 4.69) is 57.8 Å². The monoisotopic (exact) mass is 225 g/mol. The molecule has 0 bridgehead atoms. The molecule has 0 unspecified atom stereocenters. The van der Waals surface area contributed by atoms with Gasteiger partial charge in [-0.3, -0.25) is 4.98 Å². The number of nitrogens with zero attached hydrogens (tertiary/aromatic N) is 1. The number of hydrogen-bond donors (Lipinski definition) is 0. The van der Waals surface area contributed by atoms with Crippen LogP contribution in [0.4, 0.5) is 0 Å². The summed E-state index contributed by atoms with van der Waals surface area (Å²) in [5.41, 5.74) is 8.83. The van der Waals surface area contributed by atoms with Crippen LogP contribution in [0, 0.1) is 34.6 Å². The van der Waals surface area contributed by atoms with Gasteiger partial charge in [0.05, 0.1) is 5.69 Å². The zero-order valence-corrected chi connectivity index (χ0v) is 11.3. The summed E-state index contributed by atoms with van der Waals surface area (Å²) in [5.74, 6) is 0. The topological polar surface area (TPSA) is 12.9 Å². The Hall–Kier alpha value is -1.63. The lowest BCUT2D eigenvalue weighted by atomic mass is 9.97. The fraction of sp³-hybridized carbons (Fsp3) is 0.312. The van der Waals surface area contributed by atoms with Crippen molar-refractivity contribution in [3.05, 3.63) is 52.2 Å². The minimum absolute atomic E-state index is 1.08. The van der Waals surface area contributed by atoms with Crippen molar-refractivity contribution in [2.75, 3.05) is 0 Å². The minimum Gasteiger partial charge on any atom is -0.256 e. The van der Waals surface area contributed by atoms with Gasteiger partial charge >= 0.3 is 0 Å². The first-order valence-corrected chi connectivity index (χ1v) is 6.00. The molecular weight excluding hydrogens is 206 g/mol. The zero-order chi connectivity index (χ0) is 12.6. The van der Waals surface area contributed by atoms with Crippen molar-refractivity contribution >= 4 is 0 Å². The quantitative estimate of drug-likeness (QED) is 0.705. The molecule has 1 aromatic heterocycles. The summed E-state index contributed by atoms with van der Waals surface area (Å²) in [6.07, 6.45) is 1.96. The van der Waals surface area contributed by atoms with Gasteiger partial charge in [0.25, 0.3) is 0 Å². The molecule has 1 heterocycles. The largest absolute Gasteiger partial charge is 0.256 e. The first-order chi connectivity index (χ1) is 7.99. The molecule has 0 aliphatic carbocycles. The highest BCUT2D eigenvalue weighted by Gasteiger charge is 2.06. The molecule has 0 atom stereocenters. The van der Waals surface area contributed by atoms with Crippen molar-refractivity contribution in [3.63, 3.8) is 0 Å². The normalized spacial score (nSPS) is 10.6. The maximum atomic E-state index is 4.54. The van der Waals surface area contributed by atoms with Crippen molar-refractivity contribution in [1.82, 2.24) is 4.98 Å². The van der Waals surface area contributed by atoms with Gasteiger partial charge in [0.1, 0.15) is 0 Å². The van der Waals surface area contributed by atoms with Crippen LogP contribution in [0.3, 0.4) is 0 Å². The van der Waals surface area contributed by atoms with Crippen molar-refractivity contribution in [1.29, 1.82) is 0 Å². The van der Waals surface area contributed by atoms with E-state index < -0.39 is 0 Å². The van der Waals surface area contributed by atoms with Crippen LogP contribution in [0.2, 0.25) is 0 Å². The molecule has 0 saturated carbocycles. The Balaban J connectivity index is 2.60. The van der Waals surface area contributed by atoms with Crippen LogP contribution in [-0.4, -0.2) is 4.98 Å². The van der Waals surface area contributed by atoms with Gasteiger partial charge in [-0.2, -0.15) is 0 Å². The second-order valence-corrected chi connectivity index (χ2v) is 4.91. The Morgan fingerprint density at radius 3 is 1.88 bits per heavy atom. The number of aryl methyl sites for hydroxylation is 5. The maximum Gasteiger partial charge on any atom is 0.0707 e. The van der Waals surface area contributed by atoms with Crippen LogP contribution in [-0.2, 0) is 0 Å². The smallest absolute Gasteiger partial charge is 0.0707 e. The maximum absolute atomic E-state index is 4.54. The third-order valence-electron chi connectivity index (χ3n) is 3.49. The van der Waals surface area contributed by atoms with Gasteiger partial charge in [-0.15, -0.1) is 0 Å². The Bertz CT molecular complexity index is 568. The summed E-state index contributed by atoms with van der Waals surface area (Å²) in [4.78, 5) is 4.54. The third-order valence-corrected chi connectivity index (χ3v) is 3.49. The van der Waals surface area contributed by atoms with Gasteiger partial charge in [-0.1, -0.05) is 6.07 Å². The molecule has 2 rings (SSSR count). The number of rotatable bonds is 1. The number of hydrogen-bond acceptors (Lipinski definition) is 1. The SMILES string of the molecule is Cc1cnc(-c2cc(C)c(C)cc2C)cc1C. The summed E-state index contributed by atoms with van der Waals surface area (Å²) < 4.78 is 0. The highest BCUT2D eigenvalue weighted by Crippen LogP contribution is 2.25. The van der Waals surface area contributed by atoms with E-state index in [0.29, 0.717) is 0 Å². The minimum atomic E-state index is 1.08. The molecule has 0 saturated heterocycles. The molecule has 1 heteroatoms. The lowest BCUT2D eigenvalue weighted by Gasteiger charge is -2.10. The van der Waals surface area contributed by atoms with Gasteiger partial charge in [0.15, 0.2) is 0 Å². The van der Waals surface area contributed by atoms with Gasteiger partial charge in [0.2, 0.25) is 0 Å². The van der Waals surface area contributed by atoms with E-state index in [1.54, 1.807) is 0 Å². The molecule has 0 N–H and O–H groups in total. The molecule has 0 spiro atoms. The van der Waals surface area contributed by atoms with Crippen molar-refractivity contribution in [2.24, 2.45) is 0 Å².